The predicted molar refractivity (Wildman–Crippen MR) is 19.7 cm³/mol. The Labute approximate surface area is 56.2 Å². The average molecular weight is 120 g/mol. The van der Waals surface area contributed by atoms with E-state index >= 15 is 0 Å². The second-order valence-electron chi connectivity index (χ2n) is 0.217. The van der Waals surface area contributed by atoms with Crippen LogP contribution in [0.25, 0.3) is 0 Å². The summed E-state index contributed by atoms with van der Waals surface area (Å²) >= 11 is -2.86. The van der Waals surface area contributed by atoms with Crippen molar-refractivity contribution in [2.45, 2.75) is 0 Å². The van der Waals surface area contributed by atoms with E-state index in [2.05, 4.69) is 0 Å². The van der Waals surface area contributed by atoms with Crippen molar-refractivity contribution in [1.82, 2.24) is 0 Å². The maximum Gasteiger partial charge on any atom is 1.00 e. The molecule has 0 aromatic carbocycles. The van der Waals surface area contributed by atoms with Gasteiger partial charge in [0.05, 0.1) is 11.4 Å². The molecule has 1 unspecified atom stereocenters. The summed E-state index contributed by atoms with van der Waals surface area (Å²) in [5, 5.41) is 7.00. The van der Waals surface area contributed by atoms with Crippen LogP contribution in [0.2, 0.25) is 0 Å². The van der Waals surface area contributed by atoms with Crippen molar-refractivity contribution < 1.29 is 37.3 Å². The van der Waals surface area contributed by atoms with E-state index in [1.807, 2.05) is 0 Å². The molecule has 4 nitrogen and oxygen atoms in total. The monoisotopic (exact) mass is 120 g/mol. The van der Waals surface area contributed by atoms with Crippen molar-refractivity contribution in [3.63, 3.8) is 0 Å². The van der Waals surface area contributed by atoms with Crippen LogP contribution in [0.15, 0.2) is 0 Å². The fourth-order valence-electron chi connectivity index (χ4n) is 0. The van der Waals surface area contributed by atoms with Gasteiger partial charge in [-0.2, -0.15) is 0 Å². The first-order chi connectivity index (χ1) is 2.73. The molecular formula is CH5LiO4S. The Morgan fingerprint density at radius 3 is 1.57 bits per heavy atom. The molecule has 7 heavy (non-hydrogen) atoms. The van der Waals surface area contributed by atoms with Gasteiger partial charge in [-0.25, -0.2) is 4.21 Å². The molecule has 0 fully saturated rings. The van der Waals surface area contributed by atoms with Gasteiger partial charge in [0.25, 0.3) is 0 Å². The molecule has 0 radical (unpaired) electrons. The Hall–Kier alpha value is 0.627. The van der Waals surface area contributed by atoms with Crippen LogP contribution >= 0.6 is 0 Å². The van der Waals surface area contributed by atoms with E-state index in [4.69, 9.17) is 18.4 Å². The molecule has 0 bridgehead atoms. The van der Waals surface area contributed by atoms with Crippen LogP contribution in [0.1, 0.15) is 0 Å². The molecule has 0 saturated carbocycles. The van der Waals surface area contributed by atoms with Crippen LogP contribution in [-0.2, 0) is 11.4 Å². The van der Waals surface area contributed by atoms with Gasteiger partial charge in [-0.1, -0.05) is 0 Å². The summed E-state index contributed by atoms with van der Waals surface area (Å²) in [5.41, 5.74) is 0. The van der Waals surface area contributed by atoms with Gasteiger partial charge in [0.1, 0.15) is 0 Å². The van der Waals surface area contributed by atoms with Gasteiger partial charge in [0.2, 0.25) is 0 Å². The second kappa shape index (κ2) is 16.0. The Morgan fingerprint density at radius 2 is 1.57 bits per heavy atom. The van der Waals surface area contributed by atoms with Crippen molar-refractivity contribution in [2.24, 2.45) is 0 Å². The van der Waals surface area contributed by atoms with E-state index in [-0.39, 0.29) is 18.9 Å². The predicted octanol–water partition coefficient (Wildman–Crippen LogP) is -4.05. The molecule has 0 aliphatic heterocycles. The van der Waals surface area contributed by atoms with Crippen molar-refractivity contribution in [2.75, 3.05) is 7.11 Å². The molecule has 2 N–H and O–H groups in total. The molecule has 0 rings (SSSR count). The summed E-state index contributed by atoms with van der Waals surface area (Å²) in [5.74, 6) is 0. The van der Waals surface area contributed by atoms with Crippen molar-refractivity contribution in [3.8, 4) is 0 Å². The zero-order chi connectivity index (χ0) is 5.58. The molecule has 0 amide bonds. The number of hydrogen-bond acceptors (Lipinski definition) is 3. The molecular weight excluding hydrogens is 115 g/mol. The minimum atomic E-state index is -2.86. The first-order valence-corrected chi connectivity index (χ1v) is 1.99. The van der Waals surface area contributed by atoms with Crippen LogP contribution in [0, 0.1) is 0 Å². The van der Waals surface area contributed by atoms with E-state index in [0.29, 0.717) is 0 Å². The van der Waals surface area contributed by atoms with Gasteiger partial charge < -0.3 is 14.2 Å². The number of hydrogen-bond donors (Lipinski definition) is 2. The third-order valence-electron chi connectivity index (χ3n) is 0. The SMILES string of the molecule is CO.O=S([O-])O.[Li+]. The summed E-state index contributed by atoms with van der Waals surface area (Å²) < 4.78 is 24.1. The van der Waals surface area contributed by atoms with Crippen LogP contribution in [0.4, 0.5) is 0 Å². The molecule has 0 aromatic rings. The maximum absolute atomic E-state index is 8.56. The van der Waals surface area contributed by atoms with Gasteiger partial charge in [-0.15, -0.1) is 0 Å². The van der Waals surface area contributed by atoms with E-state index < -0.39 is 11.4 Å². The fourth-order valence-corrected chi connectivity index (χ4v) is 0. The maximum atomic E-state index is 8.56. The van der Waals surface area contributed by atoms with Gasteiger partial charge in [0, 0.05) is 7.11 Å². The van der Waals surface area contributed by atoms with E-state index in [9.17, 15) is 0 Å². The molecule has 6 heteroatoms. The fraction of sp³-hybridized carbons (Fsp3) is 1.00. The van der Waals surface area contributed by atoms with Crippen LogP contribution in [0.5, 0.6) is 0 Å². The van der Waals surface area contributed by atoms with Crippen LogP contribution in [-0.4, -0.2) is 25.5 Å². The topological polar surface area (TPSA) is 80.6 Å². The first kappa shape index (κ1) is 15.6. The third-order valence-corrected chi connectivity index (χ3v) is 0. The summed E-state index contributed by atoms with van der Waals surface area (Å²) in [6.45, 7) is 0. The Kier molecular flexibility index (Phi) is 35.6. The largest absolute Gasteiger partial charge is 1.00 e. The van der Waals surface area contributed by atoms with Crippen molar-refractivity contribution in [1.29, 1.82) is 0 Å². The van der Waals surface area contributed by atoms with Crippen molar-refractivity contribution in [3.05, 3.63) is 0 Å². The minimum Gasteiger partial charge on any atom is -0.750 e. The molecule has 0 spiro atoms. The molecule has 0 aromatic heterocycles. The van der Waals surface area contributed by atoms with Gasteiger partial charge >= 0.3 is 18.9 Å². The van der Waals surface area contributed by atoms with Gasteiger partial charge in [0.15, 0.2) is 0 Å². The van der Waals surface area contributed by atoms with E-state index in [1.54, 1.807) is 0 Å². The van der Waals surface area contributed by atoms with Crippen LogP contribution in [0.3, 0.4) is 0 Å². The smallest absolute Gasteiger partial charge is 0.750 e. The Balaban J connectivity index is -0.0000000480. The van der Waals surface area contributed by atoms with E-state index in [0.717, 1.165) is 7.11 Å². The quantitative estimate of drug-likeness (QED) is 0.252. The van der Waals surface area contributed by atoms with Gasteiger partial charge in [-0.05, 0) is 0 Å². The summed E-state index contributed by atoms with van der Waals surface area (Å²) in [6, 6.07) is 0. The minimum absolute atomic E-state index is 0. The molecule has 0 aliphatic rings. The third kappa shape index (κ3) is 361. The summed E-state index contributed by atoms with van der Waals surface area (Å²) in [4.78, 5) is 0. The number of aliphatic hydroxyl groups excluding tert-OH is 1. The van der Waals surface area contributed by atoms with Crippen molar-refractivity contribution >= 4 is 11.4 Å². The number of aliphatic hydroxyl groups is 1. The molecule has 1 atom stereocenters. The molecule has 40 valence electrons. The molecule has 0 saturated heterocycles. The standard InChI is InChI=1S/CH4O.Li.H2O3S/c1-2;;1-4(2)3/h2H,1H3;;(H2,1,2,3)/q;+1;/p-1. The Morgan fingerprint density at radius 1 is 1.57 bits per heavy atom. The first-order valence-electron chi connectivity index (χ1n) is 0.963. The molecule has 0 aliphatic carbocycles. The zero-order valence-electron chi connectivity index (χ0n) is 4.12. The average Bonchev–Trinajstić information content (AvgIpc) is 1.41. The summed E-state index contributed by atoms with van der Waals surface area (Å²) in [7, 11) is 1.00. The van der Waals surface area contributed by atoms with E-state index in [1.165, 1.54) is 0 Å². The zero-order valence-corrected chi connectivity index (χ0v) is 4.94. The molecule has 0 heterocycles. The Bertz CT molecular complexity index is 34.7. The van der Waals surface area contributed by atoms with Gasteiger partial charge in [-0.3, -0.25) is 0 Å². The summed E-state index contributed by atoms with van der Waals surface area (Å²) in [6.07, 6.45) is 0. The second-order valence-corrected chi connectivity index (χ2v) is 0.651. The normalized spacial score (nSPS) is 9.71. The van der Waals surface area contributed by atoms with Crippen LogP contribution < -0.4 is 18.9 Å². The number of rotatable bonds is 0.